The van der Waals surface area contributed by atoms with E-state index >= 15 is 0 Å². The van der Waals surface area contributed by atoms with Crippen LogP contribution in [0.25, 0.3) is 0 Å². The fourth-order valence-electron chi connectivity index (χ4n) is 3.83. The average Bonchev–Trinajstić information content (AvgIpc) is 2.84. The van der Waals surface area contributed by atoms with E-state index in [1.165, 1.54) is 0 Å². The predicted molar refractivity (Wildman–Crippen MR) is 118 cm³/mol. The number of esters is 1. The van der Waals surface area contributed by atoms with Gasteiger partial charge >= 0.3 is 5.97 Å². The summed E-state index contributed by atoms with van der Waals surface area (Å²) in [7, 11) is 0. The van der Waals surface area contributed by atoms with Crippen LogP contribution < -0.4 is 10.6 Å². The number of carbonyl (C=O) groups is 3. The number of hydrogen-bond donors (Lipinski definition) is 2. The van der Waals surface area contributed by atoms with Crippen LogP contribution in [0.1, 0.15) is 48.0 Å². The maximum absolute atomic E-state index is 12.8. The molecule has 0 heterocycles. The molecule has 1 fully saturated rings. The monoisotopic (exact) mass is 433 g/mol. The van der Waals surface area contributed by atoms with Gasteiger partial charge in [0.1, 0.15) is 11.6 Å². The predicted octanol–water partition coefficient (Wildman–Crippen LogP) is 2.91. The molecule has 2 amide bonds. The summed E-state index contributed by atoms with van der Waals surface area (Å²) in [6.07, 6.45) is 4.19. The number of nitrogens with zero attached hydrogens (tertiary/aromatic N) is 1. The second-order valence-corrected chi connectivity index (χ2v) is 7.99. The van der Waals surface area contributed by atoms with Crippen LogP contribution in [-0.4, -0.2) is 36.0 Å². The van der Waals surface area contributed by atoms with E-state index < -0.39 is 36.0 Å². The van der Waals surface area contributed by atoms with Crippen LogP contribution in [0.5, 0.6) is 0 Å². The van der Waals surface area contributed by atoms with Gasteiger partial charge in [0, 0.05) is 12.0 Å². The highest BCUT2D eigenvalue weighted by Gasteiger charge is 2.34. The van der Waals surface area contributed by atoms with E-state index in [4.69, 9.17) is 4.74 Å². The quantitative estimate of drug-likeness (QED) is 0.623. The van der Waals surface area contributed by atoms with Gasteiger partial charge in [-0.05, 0) is 30.5 Å². The Labute approximate surface area is 187 Å². The summed E-state index contributed by atoms with van der Waals surface area (Å²) in [5.41, 5.74) is 0.370. The Kier molecular flexibility index (Phi) is 7.98. The van der Waals surface area contributed by atoms with Gasteiger partial charge in [0.15, 0.2) is 6.61 Å². The fraction of sp³-hybridized carbons (Fsp3) is 0.360. The van der Waals surface area contributed by atoms with Crippen molar-refractivity contribution >= 4 is 17.8 Å². The van der Waals surface area contributed by atoms with Crippen molar-refractivity contribution in [3.63, 3.8) is 0 Å². The van der Waals surface area contributed by atoms with E-state index in [0.29, 0.717) is 18.4 Å². The molecular formula is C25H27N3O4. The third-order valence-corrected chi connectivity index (χ3v) is 5.55. The second kappa shape index (κ2) is 11.1. The van der Waals surface area contributed by atoms with Crippen LogP contribution in [0.2, 0.25) is 0 Å². The summed E-state index contributed by atoms with van der Waals surface area (Å²) in [6, 6.07) is 19.1. The molecule has 1 aliphatic carbocycles. The molecule has 2 N–H and O–H groups in total. The first kappa shape index (κ1) is 23.0. The van der Waals surface area contributed by atoms with Gasteiger partial charge in [-0.1, -0.05) is 67.8 Å². The lowest BCUT2D eigenvalue weighted by Gasteiger charge is -2.31. The minimum absolute atomic E-state index is 0.224. The summed E-state index contributed by atoms with van der Waals surface area (Å²) in [5, 5.41) is 14.9. The molecule has 0 bridgehead atoms. The van der Waals surface area contributed by atoms with Gasteiger partial charge in [-0.2, -0.15) is 5.26 Å². The van der Waals surface area contributed by atoms with E-state index in [9.17, 15) is 19.6 Å². The summed E-state index contributed by atoms with van der Waals surface area (Å²) < 4.78 is 5.23. The van der Waals surface area contributed by atoms with Gasteiger partial charge in [0.25, 0.3) is 11.8 Å². The number of carbonyl (C=O) groups excluding carboxylic acids is 3. The first-order chi connectivity index (χ1) is 15.5. The van der Waals surface area contributed by atoms with Crippen molar-refractivity contribution in [2.75, 3.05) is 6.61 Å². The Morgan fingerprint density at radius 2 is 1.59 bits per heavy atom. The zero-order chi connectivity index (χ0) is 22.8. The zero-order valence-electron chi connectivity index (χ0n) is 17.9. The number of benzene rings is 2. The molecule has 1 atom stereocenters. The maximum atomic E-state index is 12.8. The lowest BCUT2D eigenvalue weighted by Crippen LogP contribution is -2.50. The molecule has 0 spiro atoms. The topological polar surface area (TPSA) is 108 Å². The lowest BCUT2D eigenvalue weighted by atomic mass is 9.83. The Balaban J connectivity index is 1.63. The first-order valence-corrected chi connectivity index (χ1v) is 10.8. The smallest absolute Gasteiger partial charge is 0.329 e. The molecular weight excluding hydrogens is 406 g/mol. The van der Waals surface area contributed by atoms with Crippen LogP contribution in [-0.2, 0) is 20.7 Å². The molecule has 1 aliphatic rings. The number of nitriles is 1. The number of ether oxygens (including phenoxy) is 1. The van der Waals surface area contributed by atoms with E-state index in [-0.39, 0.29) is 6.42 Å². The maximum Gasteiger partial charge on any atom is 0.329 e. The molecule has 166 valence electrons. The molecule has 2 aromatic rings. The molecule has 3 rings (SSSR count). The zero-order valence-corrected chi connectivity index (χ0v) is 17.9. The van der Waals surface area contributed by atoms with Crippen molar-refractivity contribution in [1.82, 2.24) is 10.6 Å². The van der Waals surface area contributed by atoms with Crippen molar-refractivity contribution in [2.45, 2.75) is 50.1 Å². The van der Waals surface area contributed by atoms with Gasteiger partial charge in [-0.3, -0.25) is 9.59 Å². The van der Waals surface area contributed by atoms with E-state index in [1.807, 2.05) is 30.3 Å². The van der Waals surface area contributed by atoms with Crippen LogP contribution >= 0.6 is 0 Å². The third kappa shape index (κ3) is 6.42. The largest absolute Gasteiger partial charge is 0.454 e. The molecule has 1 unspecified atom stereocenters. The Bertz CT molecular complexity index is 964. The minimum Gasteiger partial charge on any atom is -0.454 e. The van der Waals surface area contributed by atoms with Gasteiger partial charge in [0.2, 0.25) is 0 Å². The highest BCUT2D eigenvalue weighted by Crippen LogP contribution is 2.27. The third-order valence-electron chi connectivity index (χ3n) is 5.55. The van der Waals surface area contributed by atoms with E-state index in [0.717, 1.165) is 24.8 Å². The van der Waals surface area contributed by atoms with Crippen molar-refractivity contribution in [3.05, 3.63) is 71.8 Å². The highest BCUT2D eigenvalue weighted by atomic mass is 16.5. The molecule has 2 aromatic carbocycles. The molecule has 7 nitrogen and oxygen atoms in total. The standard InChI is InChI=1S/C25H27N3O4/c26-18-25(14-8-3-9-15-25)28-22(29)17-32-24(31)21(16-19-10-4-1-5-11-19)27-23(30)20-12-6-2-7-13-20/h1-2,4-7,10-13,21H,3,8-9,14-17H2,(H,27,30)(H,28,29). The van der Waals surface area contributed by atoms with Crippen molar-refractivity contribution in [3.8, 4) is 6.07 Å². The summed E-state index contributed by atoms with van der Waals surface area (Å²) in [6.45, 7) is -0.505. The van der Waals surface area contributed by atoms with Crippen molar-refractivity contribution in [2.24, 2.45) is 0 Å². The molecule has 0 radical (unpaired) electrons. The highest BCUT2D eigenvalue weighted by molar-refractivity contribution is 5.97. The van der Waals surface area contributed by atoms with Crippen LogP contribution in [0, 0.1) is 11.3 Å². The van der Waals surface area contributed by atoms with Gasteiger partial charge in [-0.25, -0.2) is 4.79 Å². The van der Waals surface area contributed by atoms with Crippen LogP contribution in [0.4, 0.5) is 0 Å². The molecule has 1 saturated carbocycles. The summed E-state index contributed by atoms with van der Waals surface area (Å²) in [4.78, 5) is 37.8. The summed E-state index contributed by atoms with van der Waals surface area (Å²) >= 11 is 0. The number of hydrogen-bond acceptors (Lipinski definition) is 5. The Morgan fingerprint density at radius 3 is 2.22 bits per heavy atom. The molecule has 0 aromatic heterocycles. The van der Waals surface area contributed by atoms with E-state index in [2.05, 4.69) is 16.7 Å². The molecule has 7 heteroatoms. The van der Waals surface area contributed by atoms with Gasteiger partial charge in [0.05, 0.1) is 6.07 Å². The van der Waals surface area contributed by atoms with Crippen LogP contribution in [0.3, 0.4) is 0 Å². The van der Waals surface area contributed by atoms with Crippen LogP contribution in [0.15, 0.2) is 60.7 Å². The number of nitrogens with one attached hydrogen (secondary N) is 2. The van der Waals surface area contributed by atoms with Crippen molar-refractivity contribution in [1.29, 1.82) is 5.26 Å². The lowest BCUT2D eigenvalue weighted by molar-refractivity contribution is -0.150. The van der Waals surface area contributed by atoms with Gasteiger partial charge < -0.3 is 15.4 Å². The summed E-state index contributed by atoms with van der Waals surface area (Å²) in [5.74, 6) is -1.63. The minimum atomic E-state index is -0.961. The Morgan fingerprint density at radius 1 is 0.969 bits per heavy atom. The van der Waals surface area contributed by atoms with E-state index in [1.54, 1.807) is 30.3 Å². The van der Waals surface area contributed by atoms with Crippen molar-refractivity contribution < 1.29 is 19.1 Å². The van der Waals surface area contributed by atoms with Gasteiger partial charge in [-0.15, -0.1) is 0 Å². The Hall–Kier alpha value is -3.66. The second-order valence-electron chi connectivity index (χ2n) is 7.99. The SMILES string of the molecule is N#CC1(NC(=O)COC(=O)C(Cc2ccccc2)NC(=O)c2ccccc2)CCCCC1. The first-order valence-electron chi connectivity index (χ1n) is 10.8. The molecule has 32 heavy (non-hydrogen) atoms. The molecule has 0 aliphatic heterocycles. The average molecular weight is 434 g/mol. The normalized spacial score (nSPS) is 15.6. The molecule has 0 saturated heterocycles. The number of rotatable bonds is 8. The number of amides is 2. The fourth-order valence-corrected chi connectivity index (χ4v) is 3.83.